The fourth-order valence-electron chi connectivity index (χ4n) is 8.40. The molecular weight excluding hydrogens is 742 g/mol. The van der Waals surface area contributed by atoms with Gasteiger partial charge in [0.2, 0.25) is 11.8 Å². The van der Waals surface area contributed by atoms with Crippen LogP contribution in [-0.4, -0.2) is 90.4 Å². The number of nitrogens with one attached hydrogen (secondary N) is 1. The molecule has 2 saturated heterocycles. The quantitative estimate of drug-likeness (QED) is 0.257. The van der Waals surface area contributed by atoms with Gasteiger partial charge in [0.05, 0.1) is 31.2 Å². The van der Waals surface area contributed by atoms with Crippen LogP contribution in [0.1, 0.15) is 38.4 Å². The van der Waals surface area contributed by atoms with Gasteiger partial charge in [-0.15, -0.1) is 0 Å². The molecule has 0 unspecified atom stereocenters. The molecule has 0 saturated carbocycles. The van der Waals surface area contributed by atoms with Gasteiger partial charge in [-0.25, -0.2) is 0 Å². The number of carbonyl (C=O) groups is 4. The molecule has 53 heavy (non-hydrogen) atoms. The first-order valence-electron chi connectivity index (χ1n) is 18.1. The highest BCUT2D eigenvalue weighted by Crippen LogP contribution is 2.59. The summed E-state index contributed by atoms with van der Waals surface area (Å²) >= 11 is 3.63. The first kappa shape index (κ1) is 37.0. The number of anilines is 1. The van der Waals surface area contributed by atoms with Crippen LogP contribution in [0, 0.1) is 17.8 Å². The lowest BCUT2D eigenvalue weighted by molar-refractivity contribution is -0.162. The lowest BCUT2D eigenvalue weighted by atomic mass is 9.74. The zero-order valence-electron chi connectivity index (χ0n) is 29.9. The van der Waals surface area contributed by atoms with Crippen LogP contribution in [0.15, 0.2) is 95.5 Å². The number of benzene rings is 3. The Morgan fingerprint density at radius 1 is 0.962 bits per heavy atom. The van der Waals surface area contributed by atoms with Crippen LogP contribution in [0.25, 0.3) is 10.8 Å². The second kappa shape index (κ2) is 15.2. The Morgan fingerprint density at radius 2 is 1.70 bits per heavy atom. The van der Waals surface area contributed by atoms with Crippen molar-refractivity contribution in [2.45, 2.75) is 62.6 Å². The van der Waals surface area contributed by atoms with E-state index in [0.29, 0.717) is 22.2 Å². The van der Waals surface area contributed by atoms with E-state index in [2.05, 4.69) is 21.2 Å². The predicted molar refractivity (Wildman–Crippen MR) is 202 cm³/mol. The Kier molecular flexibility index (Phi) is 10.6. The van der Waals surface area contributed by atoms with Gasteiger partial charge in [0.25, 0.3) is 5.91 Å². The summed E-state index contributed by atoms with van der Waals surface area (Å²) in [7, 11) is 1.51. The van der Waals surface area contributed by atoms with Crippen molar-refractivity contribution >= 4 is 56.1 Å². The topological polar surface area (TPSA) is 135 Å². The molecule has 0 aromatic heterocycles. The van der Waals surface area contributed by atoms with Gasteiger partial charge in [0.1, 0.15) is 29.8 Å². The van der Waals surface area contributed by atoms with E-state index in [1.807, 2.05) is 86.7 Å². The molecule has 0 aliphatic carbocycles. The molecule has 3 aromatic rings. The molecule has 5 bridgehead atoms. The molecular formula is C41H44BrN3O8. The number of methoxy groups -OCH3 is 1. The van der Waals surface area contributed by atoms with E-state index in [-0.39, 0.29) is 31.4 Å². The molecule has 8 atom stereocenters. The third-order valence-electron chi connectivity index (χ3n) is 10.9. The van der Waals surface area contributed by atoms with E-state index < -0.39 is 72.2 Å². The summed E-state index contributed by atoms with van der Waals surface area (Å²) in [6.45, 7) is 3.55. The molecule has 12 heteroatoms. The van der Waals surface area contributed by atoms with Crippen molar-refractivity contribution in [2.24, 2.45) is 17.8 Å². The Bertz CT molecular complexity index is 1950. The SMILES string of the molecule is COC[C@@H]1NC(=O)CC/C=C\CN(c2ccc3ccccc3c2)C(=O)[C@H]2N([C@@H](CO)C(C)C)C(=O)[C@@H]3[C@@H](C(=O)O[C@H]1c1ccccc1)[C@@H]1O[C@@]32C=C1Br. The van der Waals surface area contributed by atoms with Crippen molar-refractivity contribution < 1.29 is 38.5 Å². The number of esters is 1. The summed E-state index contributed by atoms with van der Waals surface area (Å²) < 4.78 is 19.1. The van der Waals surface area contributed by atoms with Gasteiger partial charge in [-0.05, 0) is 46.9 Å². The van der Waals surface area contributed by atoms with Gasteiger partial charge in [0, 0.05) is 30.2 Å². The highest BCUT2D eigenvalue weighted by molar-refractivity contribution is 9.11. The molecule has 278 valence electrons. The van der Waals surface area contributed by atoms with Gasteiger partial charge in [0.15, 0.2) is 0 Å². The van der Waals surface area contributed by atoms with E-state index in [0.717, 1.165) is 10.8 Å². The molecule has 4 heterocycles. The van der Waals surface area contributed by atoms with Crippen LogP contribution in [-0.2, 0) is 33.4 Å². The maximum atomic E-state index is 15.3. The molecule has 0 radical (unpaired) electrons. The summed E-state index contributed by atoms with van der Waals surface area (Å²) in [5.74, 6) is -4.36. The average Bonchev–Trinajstić information content (AvgIpc) is 3.75. The van der Waals surface area contributed by atoms with Crippen LogP contribution >= 0.6 is 15.9 Å². The zero-order valence-corrected chi connectivity index (χ0v) is 31.5. The number of carbonyl (C=O) groups excluding carboxylic acids is 4. The van der Waals surface area contributed by atoms with Crippen LogP contribution in [0.3, 0.4) is 0 Å². The molecule has 4 aliphatic rings. The second-order valence-electron chi connectivity index (χ2n) is 14.5. The normalized spacial score (nSPS) is 30.3. The van der Waals surface area contributed by atoms with Gasteiger partial charge in [-0.2, -0.15) is 0 Å². The van der Waals surface area contributed by atoms with Crippen LogP contribution < -0.4 is 10.2 Å². The fraction of sp³-hybridized carbons (Fsp3) is 0.415. The van der Waals surface area contributed by atoms with Crippen molar-refractivity contribution in [1.82, 2.24) is 10.2 Å². The first-order chi connectivity index (χ1) is 25.6. The van der Waals surface area contributed by atoms with Gasteiger partial charge < -0.3 is 34.4 Å². The molecule has 11 nitrogen and oxygen atoms in total. The summed E-state index contributed by atoms with van der Waals surface area (Å²) in [5, 5.41) is 15.7. The van der Waals surface area contributed by atoms with Crippen LogP contribution in [0.5, 0.6) is 0 Å². The van der Waals surface area contributed by atoms with E-state index in [1.165, 1.54) is 12.0 Å². The lowest BCUT2D eigenvalue weighted by Crippen LogP contribution is -2.59. The number of allylic oxidation sites excluding steroid dienone is 1. The van der Waals surface area contributed by atoms with Crippen molar-refractivity contribution in [1.29, 1.82) is 0 Å². The molecule has 3 amide bonds. The Hall–Kier alpha value is -4.36. The van der Waals surface area contributed by atoms with Crippen LogP contribution in [0.2, 0.25) is 0 Å². The number of hydrogen-bond acceptors (Lipinski definition) is 8. The van der Waals surface area contributed by atoms with Gasteiger partial charge in [-0.3, -0.25) is 19.2 Å². The van der Waals surface area contributed by atoms with Gasteiger partial charge >= 0.3 is 5.97 Å². The number of amides is 3. The standard InChI is InChI=1S/C41H44BrN3O8/c1-24(2)31(22-46)45-37-39(49)44(28-18-17-25-12-9-10-15-27(25)20-28)19-11-5-8-16-32(47)43-30(23-51-3)35(26-13-6-4-7-14-26)52-40(50)33-34(38(45)48)41(37)21-29(42)36(33)53-41/h4-7,9-15,17-18,20-21,24,30-31,33-37,46H,8,16,19,22-23H2,1-3H3,(H,43,47)/b11-5-/t30-,31-,33+,34-,35-,36+,37+,41-/m0/s1. The van der Waals surface area contributed by atoms with Crippen molar-refractivity contribution in [2.75, 3.05) is 31.8 Å². The number of likely N-dealkylation sites (tertiary alicyclic amines) is 1. The van der Waals surface area contributed by atoms with E-state index in [9.17, 15) is 19.5 Å². The molecule has 7 rings (SSSR count). The summed E-state index contributed by atoms with van der Waals surface area (Å²) in [6.07, 6.45) is 4.11. The second-order valence-corrected chi connectivity index (χ2v) is 15.4. The van der Waals surface area contributed by atoms with Crippen LogP contribution in [0.4, 0.5) is 5.69 Å². The number of aliphatic hydroxyl groups is 1. The van der Waals surface area contributed by atoms with E-state index in [4.69, 9.17) is 14.2 Å². The maximum Gasteiger partial charge on any atom is 0.313 e. The Labute approximate surface area is 317 Å². The third-order valence-corrected chi connectivity index (χ3v) is 11.6. The Balaban J connectivity index is 1.38. The van der Waals surface area contributed by atoms with Gasteiger partial charge in [-0.1, -0.05) is 103 Å². The minimum Gasteiger partial charge on any atom is -0.455 e. The lowest BCUT2D eigenvalue weighted by Gasteiger charge is -2.40. The summed E-state index contributed by atoms with van der Waals surface area (Å²) in [4.78, 5) is 61.3. The molecule has 4 aliphatic heterocycles. The number of halogens is 1. The maximum absolute atomic E-state index is 15.3. The molecule has 2 fully saturated rings. The average molecular weight is 787 g/mol. The highest BCUT2D eigenvalue weighted by atomic mass is 79.9. The number of ether oxygens (including phenoxy) is 3. The number of cyclic esters (lactones) is 1. The fourth-order valence-corrected chi connectivity index (χ4v) is 9.14. The minimum absolute atomic E-state index is 0.0482. The van der Waals surface area contributed by atoms with Crippen molar-refractivity contribution in [3.05, 3.63) is 101 Å². The Morgan fingerprint density at radius 3 is 2.42 bits per heavy atom. The number of aliphatic hydroxyl groups excluding tert-OH is 1. The zero-order chi connectivity index (χ0) is 37.4. The minimum atomic E-state index is -1.54. The smallest absolute Gasteiger partial charge is 0.313 e. The number of nitrogens with zero attached hydrogens (tertiary/aromatic N) is 2. The molecule has 3 aromatic carbocycles. The highest BCUT2D eigenvalue weighted by Gasteiger charge is 2.75. The molecule has 1 spiro atoms. The predicted octanol–water partition coefficient (Wildman–Crippen LogP) is 4.83. The summed E-state index contributed by atoms with van der Waals surface area (Å²) in [6, 6.07) is 19.9. The number of hydrogen-bond donors (Lipinski definition) is 2. The van der Waals surface area contributed by atoms with E-state index in [1.54, 1.807) is 23.1 Å². The number of fused-ring (bicyclic) bond motifs is 3. The number of rotatable bonds is 7. The first-order valence-corrected chi connectivity index (χ1v) is 18.9. The third kappa shape index (κ3) is 6.60. The van der Waals surface area contributed by atoms with Crippen molar-refractivity contribution in [3.63, 3.8) is 0 Å². The van der Waals surface area contributed by atoms with E-state index >= 15 is 4.79 Å². The molecule has 2 N–H and O–H groups in total. The van der Waals surface area contributed by atoms with Crippen molar-refractivity contribution in [3.8, 4) is 0 Å². The summed E-state index contributed by atoms with van der Waals surface area (Å²) in [5.41, 5.74) is -0.308. The largest absolute Gasteiger partial charge is 0.455 e. The monoisotopic (exact) mass is 785 g/mol.